The van der Waals surface area contributed by atoms with Gasteiger partial charge in [-0.05, 0) is 12.5 Å². The Hall–Kier alpha value is -1.88. The van der Waals surface area contributed by atoms with Crippen molar-refractivity contribution < 1.29 is 9.59 Å². The Labute approximate surface area is 100 Å². The zero-order chi connectivity index (χ0) is 12.9. The first-order valence-corrected chi connectivity index (χ1v) is 5.31. The van der Waals surface area contributed by atoms with Gasteiger partial charge in [-0.15, -0.1) is 0 Å². The molecule has 17 heavy (non-hydrogen) atoms. The maximum Gasteiger partial charge on any atom is 0.244 e. The molecule has 1 atom stereocenters. The molecule has 1 rings (SSSR count). The van der Waals surface area contributed by atoms with E-state index in [0.717, 1.165) is 0 Å². The van der Waals surface area contributed by atoms with Gasteiger partial charge in [-0.1, -0.05) is 30.3 Å². The summed E-state index contributed by atoms with van der Waals surface area (Å²) in [6.07, 6.45) is 0. The molecule has 5 heteroatoms. The molecule has 0 saturated heterocycles. The largest absolute Gasteiger partial charge is 0.358 e. The third kappa shape index (κ3) is 3.29. The molecule has 0 fully saturated rings. The normalized spacial score (nSPS) is 13.6. The van der Waals surface area contributed by atoms with Crippen LogP contribution in [0.2, 0.25) is 0 Å². The van der Waals surface area contributed by atoms with E-state index in [2.05, 4.69) is 10.6 Å². The SMILES string of the molecule is CNC(=O)CNC(=O)C(C)(N)c1ccccc1. The van der Waals surface area contributed by atoms with E-state index in [4.69, 9.17) is 5.73 Å². The number of rotatable bonds is 4. The third-order valence-corrected chi connectivity index (χ3v) is 2.53. The number of amides is 2. The van der Waals surface area contributed by atoms with Gasteiger partial charge in [-0.25, -0.2) is 0 Å². The van der Waals surface area contributed by atoms with Crippen molar-refractivity contribution in [3.63, 3.8) is 0 Å². The maximum absolute atomic E-state index is 11.9. The quantitative estimate of drug-likeness (QED) is 0.671. The lowest BCUT2D eigenvalue weighted by molar-refractivity contribution is -0.129. The average molecular weight is 235 g/mol. The lowest BCUT2D eigenvalue weighted by Crippen LogP contribution is -2.51. The van der Waals surface area contributed by atoms with Gasteiger partial charge in [0.25, 0.3) is 0 Å². The van der Waals surface area contributed by atoms with Gasteiger partial charge in [-0.2, -0.15) is 0 Å². The highest BCUT2D eigenvalue weighted by atomic mass is 16.2. The molecule has 92 valence electrons. The minimum atomic E-state index is -1.14. The van der Waals surface area contributed by atoms with Crippen LogP contribution < -0.4 is 16.4 Å². The van der Waals surface area contributed by atoms with Crippen molar-refractivity contribution in [2.45, 2.75) is 12.5 Å². The van der Waals surface area contributed by atoms with E-state index in [1.807, 2.05) is 18.2 Å². The van der Waals surface area contributed by atoms with Crippen LogP contribution in [0.15, 0.2) is 30.3 Å². The zero-order valence-corrected chi connectivity index (χ0v) is 9.99. The molecule has 0 spiro atoms. The van der Waals surface area contributed by atoms with E-state index in [9.17, 15) is 9.59 Å². The molecule has 0 heterocycles. The summed E-state index contributed by atoms with van der Waals surface area (Å²) in [6.45, 7) is 1.54. The predicted octanol–water partition coefficient (Wildman–Crippen LogP) is -0.277. The van der Waals surface area contributed by atoms with Crippen molar-refractivity contribution in [1.29, 1.82) is 0 Å². The van der Waals surface area contributed by atoms with E-state index in [1.165, 1.54) is 7.05 Å². The Kier molecular flexibility index (Phi) is 4.23. The molecule has 0 aliphatic heterocycles. The molecule has 2 amide bonds. The highest BCUT2D eigenvalue weighted by molar-refractivity contribution is 5.90. The van der Waals surface area contributed by atoms with Gasteiger partial charge >= 0.3 is 0 Å². The topological polar surface area (TPSA) is 84.2 Å². The van der Waals surface area contributed by atoms with Gasteiger partial charge in [-0.3, -0.25) is 9.59 Å². The number of nitrogens with one attached hydrogen (secondary N) is 2. The van der Waals surface area contributed by atoms with Crippen LogP contribution in [-0.4, -0.2) is 25.4 Å². The predicted molar refractivity (Wildman–Crippen MR) is 65.1 cm³/mol. The van der Waals surface area contributed by atoms with E-state index in [-0.39, 0.29) is 18.4 Å². The van der Waals surface area contributed by atoms with Crippen molar-refractivity contribution in [3.8, 4) is 0 Å². The first-order chi connectivity index (χ1) is 7.98. The summed E-state index contributed by atoms with van der Waals surface area (Å²) in [5.41, 5.74) is 5.53. The summed E-state index contributed by atoms with van der Waals surface area (Å²) in [5.74, 6) is -0.644. The van der Waals surface area contributed by atoms with Crippen LogP contribution in [0.1, 0.15) is 12.5 Å². The van der Waals surface area contributed by atoms with Crippen molar-refractivity contribution in [2.24, 2.45) is 5.73 Å². The molecule has 1 aromatic rings. The van der Waals surface area contributed by atoms with Gasteiger partial charge in [0.2, 0.25) is 11.8 Å². The number of hydrogen-bond donors (Lipinski definition) is 3. The molecule has 0 saturated carbocycles. The van der Waals surface area contributed by atoms with Gasteiger partial charge in [0.05, 0.1) is 6.54 Å². The lowest BCUT2D eigenvalue weighted by atomic mass is 9.92. The first-order valence-electron chi connectivity index (χ1n) is 5.31. The molecular weight excluding hydrogens is 218 g/mol. The molecule has 0 aromatic heterocycles. The molecule has 0 radical (unpaired) electrons. The second-order valence-electron chi connectivity index (χ2n) is 3.92. The van der Waals surface area contributed by atoms with Crippen LogP contribution in [0.3, 0.4) is 0 Å². The van der Waals surface area contributed by atoms with Crippen molar-refractivity contribution in [1.82, 2.24) is 10.6 Å². The van der Waals surface area contributed by atoms with Crippen LogP contribution in [0.5, 0.6) is 0 Å². The Morgan fingerprint density at radius 3 is 2.41 bits per heavy atom. The highest BCUT2D eigenvalue weighted by Crippen LogP contribution is 2.16. The minimum absolute atomic E-state index is 0.0744. The number of carbonyl (C=O) groups excluding carboxylic acids is 2. The van der Waals surface area contributed by atoms with Crippen LogP contribution in [0, 0.1) is 0 Å². The molecule has 1 aromatic carbocycles. The van der Waals surface area contributed by atoms with Crippen LogP contribution in [0.25, 0.3) is 0 Å². The summed E-state index contributed by atoms with van der Waals surface area (Å²) >= 11 is 0. The maximum atomic E-state index is 11.9. The molecule has 1 unspecified atom stereocenters. The Balaban J connectivity index is 2.71. The summed E-state index contributed by atoms with van der Waals surface area (Å²) in [6, 6.07) is 9.03. The summed E-state index contributed by atoms with van der Waals surface area (Å²) in [4.78, 5) is 22.9. The smallest absolute Gasteiger partial charge is 0.244 e. The fourth-order valence-corrected chi connectivity index (χ4v) is 1.35. The monoisotopic (exact) mass is 235 g/mol. The molecule has 4 N–H and O–H groups in total. The molecule has 0 aliphatic rings. The van der Waals surface area contributed by atoms with Gasteiger partial charge in [0.1, 0.15) is 5.54 Å². The second kappa shape index (κ2) is 5.45. The molecule has 0 aliphatic carbocycles. The van der Waals surface area contributed by atoms with Gasteiger partial charge < -0.3 is 16.4 Å². The Bertz CT molecular complexity index is 401. The first kappa shape index (κ1) is 13.2. The van der Waals surface area contributed by atoms with E-state index < -0.39 is 5.54 Å². The van der Waals surface area contributed by atoms with E-state index in [1.54, 1.807) is 19.1 Å². The van der Waals surface area contributed by atoms with Gasteiger partial charge in [0, 0.05) is 7.05 Å². The molecule has 5 nitrogen and oxygen atoms in total. The van der Waals surface area contributed by atoms with E-state index in [0.29, 0.717) is 5.56 Å². The minimum Gasteiger partial charge on any atom is -0.358 e. The van der Waals surface area contributed by atoms with Crippen molar-refractivity contribution in [2.75, 3.05) is 13.6 Å². The van der Waals surface area contributed by atoms with Gasteiger partial charge in [0.15, 0.2) is 0 Å². The van der Waals surface area contributed by atoms with E-state index >= 15 is 0 Å². The van der Waals surface area contributed by atoms with Crippen LogP contribution in [-0.2, 0) is 15.1 Å². The Morgan fingerprint density at radius 2 is 1.88 bits per heavy atom. The summed E-state index contributed by atoms with van der Waals surface area (Å²) < 4.78 is 0. The number of benzene rings is 1. The standard InChI is InChI=1S/C12H17N3O2/c1-12(13,9-6-4-3-5-7-9)11(17)15-8-10(16)14-2/h3-7H,8,13H2,1-2H3,(H,14,16)(H,15,17). The summed E-state index contributed by atoms with van der Waals surface area (Å²) in [5, 5.41) is 4.91. The number of carbonyl (C=O) groups is 2. The molecule has 0 bridgehead atoms. The van der Waals surface area contributed by atoms with Crippen molar-refractivity contribution in [3.05, 3.63) is 35.9 Å². The number of likely N-dealkylation sites (N-methyl/N-ethyl adjacent to an activating group) is 1. The lowest BCUT2D eigenvalue weighted by Gasteiger charge is -2.23. The average Bonchev–Trinajstić information content (AvgIpc) is 2.36. The Morgan fingerprint density at radius 1 is 1.29 bits per heavy atom. The van der Waals surface area contributed by atoms with Crippen LogP contribution >= 0.6 is 0 Å². The van der Waals surface area contributed by atoms with Crippen molar-refractivity contribution >= 4 is 11.8 Å². The van der Waals surface area contributed by atoms with Crippen LogP contribution in [0.4, 0.5) is 0 Å². The zero-order valence-electron chi connectivity index (χ0n) is 9.99. The second-order valence-corrected chi connectivity index (χ2v) is 3.92. The fourth-order valence-electron chi connectivity index (χ4n) is 1.35. The fraction of sp³-hybridized carbons (Fsp3) is 0.333. The number of nitrogens with two attached hydrogens (primary N) is 1. The number of hydrogen-bond acceptors (Lipinski definition) is 3. The summed E-state index contributed by atoms with van der Waals surface area (Å²) in [7, 11) is 1.51. The highest BCUT2D eigenvalue weighted by Gasteiger charge is 2.30. The third-order valence-electron chi connectivity index (χ3n) is 2.53. The molecular formula is C12H17N3O2.